The van der Waals surface area contributed by atoms with E-state index < -0.39 is 30.1 Å². The highest BCUT2D eigenvalue weighted by molar-refractivity contribution is 7.98. The first-order valence-corrected chi connectivity index (χ1v) is 12.5. The summed E-state index contributed by atoms with van der Waals surface area (Å²) in [4.78, 5) is 33.9. The van der Waals surface area contributed by atoms with Crippen LogP contribution in [0, 0.1) is 11.6 Å². The van der Waals surface area contributed by atoms with E-state index in [1.807, 2.05) is 0 Å². The van der Waals surface area contributed by atoms with E-state index in [2.05, 4.69) is 9.97 Å². The Labute approximate surface area is 212 Å². The third-order valence-electron chi connectivity index (χ3n) is 4.96. The third-order valence-corrected chi connectivity index (χ3v) is 6.56. The number of hydrogen-bond donors (Lipinski definition) is 1. The molecule has 0 aliphatic rings. The minimum absolute atomic E-state index is 0.0806. The lowest BCUT2D eigenvalue weighted by Crippen LogP contribution is -2.35. The van der Waals surface area contributed by atoms with Crippen molar-refractivity contribution in [2.45, 2.75) is 18.0 Å². The Morgan fingerprint density at radius 1 is 1.19 bits per heavy atom. The fourth-order valence-electron chi connectivity index (χ4n) is 3.29. The van der Waals surface area contributed by atoms with Gasteiger partial charge in [-0.15, -0.1) is 23.1 Å². The Hall–Kier alpha value is -3.77. The van der Waals surface area contributed by atoms with Crippen molar-refractivity contribution in [2.75, 3.05) is 12.8 Å². The van der Waals surface area contributed by atoms with E-state index in [9.17, 15) is 18.4 Å². The predicted molar refractivity (Wildman–Crippen MR) is 129 cm³/mol. The average Bonchev–Trinajstić information content (AvgIpc) is 3.56. The van der Waals surface area contributed by atoms with Gasteiger partial charge in [0.1, 0.15) is 35.9 Å². The molecule has 0 unspecified atom stereocenters. The molecular weight excluding hydrogens is 512 g/mol. The molecule has 0 aliphatic carbocycles. The number of nitrogens with zero attached hydrogens (tertiary/aromatic N) is 3. The smallest absolute Gasteiger partial charge is 0.323 e. The Bertz CT molecular complexity index is 1360. The standard InChI is InChI=1S/C24H19F2N3O5S2/c1-35-20-9-18(26)17(25)8-16(20)14-2-4-15(5-3-14)34-12-22-28-19(13-36-22)24(32)29(11-23(30)31)10-21-27-6-7-33-21/h2-9,13H,10-12H2,1H3,(H,30,31). The fourth-order valence-corrected chi connectivity index (χ4v) is 4.59. The van der Waals surface area contributed by atoms with E-state index in [4.69, 9.17) is 14.3 Å². The van der Waals surface area contributed by atoms with Gasteiger partial charge < -0.3 is 19.2 Å². The van der Waals surface area contributed by atoms with Gasteiger partial charge in [-0.25, -0.2) is 18.7 Å². The predicted octanol–water partition coefficient (Wildman–Crippen LogP) is 5.10. The van der Waals surface area contributed by atoms with Crippen molar-refractivity contribution >= 4 is 35.0 Å². The lowest BCUT2D eigenvalue weighted by molar-refractivity contribution is -0.137. The van der Waals surface area contributed by atoms with E-state index in [0.29, 0.717) is 26.8 Å². The topological polar surface area (TPSA) is 106 Å². The largest absolute Gasteiger partial charge is 0.486 e. The molecule has 2 aromatic carbocycles. The van der Waals surface area contributed by atoms with Crippen LogP contribution >= 0.6 is 23.1 Å². The molecule has 186 valence electrons. The number of thioether (sulfide) groups is 1. The third kappa shape index (κ3) is 6.07. The number of rotatable bonds is 10. The average molecular weight is 532 g/mol. The van der Waals surface area contributed by atoms with Crippen molar-refractivity contribution in [2.24, 2.45) is 0 Å². The summed E-state index contributed by atoms with van der Waals surface area (Å²) in [6, 6.07) is 9.22. The van der Waals surface area contributed by atoms with Gasteiger partial charge in [0.15, 0.2) is 11.6 Å². The number of ether oxygens (including phenoxy) is 1. The van der Waals surface area contributed by atoms with Crippen molar-refractivity contribution in [1.29, 1.82) is 0 Å². The molecule has 0 radical (unpaired) electrons. The zero-order chi connectivity index (χ0) is 25.7. The first-order chi connectivity index (χ1) is 17.3. The summed E-state index contributed by atoms with van der Waals surface area (Å²) in [6.07, 6.45) is 4.53. The molecule has 0 fully saturated rings. The van der Waals surface area contributed by atoms with Gasteiger partial charge in [0.25, 0.3) is 5.91 Å². The van der Waals surface area contributed by atoms with Crippen LogP contribution in [0.25, 0.3) is 11.1 Å². The second kappa shape index (κ2) is 11.3. The van der Waals surface area contributed by atoms with Gasteiger partial charge >= 0.3 is 5.97 Å². The van der Waals surface area contributed by atoms with E-state index in [-0.39, 0.29) is 24.7 Å². The number of thiazole rings is 1. The van der Waals surface area contributed by atoms with Gasteiger partial charge in [0.05, 0.1) is 12.7 Å². The van der Waals surface area contributed by atoms with Crippen LogP contribution in [-0.2, 0) is 17.9 Å². The molecule has 0 atom stereocenters. The number of aromatic nitrogens is 2. The zero-order valence-corrected chi connectivity index (χ0v) is 20.4. The number of hydrogen-bond acceptors (Lipinski definition) is 8. The molecule has 4 aromatic rings. The summed E-state index contributed by atoms with van der Waals surface area (Å²) in [5, 5.41) is 11.2. The number of oxazole rings is 1. The molecule has 2 aromatic heterocycles. The maximum atomic E-state index is 13.8. The number of carboxylic acids is 1. The molecular formula is C24H19F2N3O5S2. The molecule has 0 saturated carbocycles. The van der Waals surface area contributed by atoms with Crippen molar-refractivity contribution < 1.29 is 32.6 Å². The van der Waals surface area contributed by atoms with Crippen molar-refractivity contribution in [1.82, 2.24) is 14.9 Å². The normalized spacial score (nSPS) is 10.9. The van der Waals surface area contributed by atoms with Crippen LogP contribution in [0.2, 0.25) is 0 Å². The Kier molecular flexibility index (Phi) is 7.96. The Balaban J connectivity index is 1.41. The summed E-state index contributed by atoms with van der Waals surface area (Å²) < 4.78 is 38.2. The second-order valence-electron chi connectivity index (χ2n) is 7.39. The fraction of sp³-hybridized carbons (Fsp3) is 0.167. The lowest BCUT2D eigenvalue weighted by atomic mass is 10.1. The SMILES string of the molecule is CSc1cc(F)c(F)cc1-c1ccc(OCc2nc(C(=O)N(CC(=O)O)Cc3ncco3)cs2)cc1. The zero-order valence-electron chi connectivity index (χ0n) is 18.8. The summed E-state index contributed by atoms with van der Waals surface area (Å²) >= 11 is 2.52. The Morgan fingerprint density at radius 3 is 2.61 bits per heavy atom. The molecule has 4 rings (SSSR count). The van der Waals surface area contributed by atoms with Crippen LogP contribution in [0.15, 0.2) is 63.6 Å². The van der Waals surface area contributed by atoms with Crippen LogP contribution in [0.3, 0.4) is 0 Å². The molecule has 8 nitrogen and oxygen atoms in total. The number of carbonyl (C=O) groups excluding carboxylic acids is 1. The number of amides is 1. The second-order valence-corrected chi connectivity index (χ2v) is 9.18. The molecule has 0 aliphatic heterocycles. The number of aliphatic carboxylic acids is 1. The summed E-state index contributed by atoms with van der Waals surface area (Å²) in [7, 11) is 0. The van der Waals surface area contributed by atoms with E-state index in [1.165, 1.54) is 53.1 Å². The highest BCUT2D eigenvalue weighted by atomic mass is 32.2. The molecule has 0 bridgehead atoms. The van der Waals surface area contributed by atoms with Crippen LogP contribution < -0.4 is 4.74 Å². The summed E-state index contributed by atoms with van der Waals surface area (Å²) in [5.74, 6) is -2.83. The molecule has 0 saturated heterocycles. The van der Waals surface area contributed by atoms with Crippen LogP contribution in [0.1, 0.15) is 21.4 Å². The van der Waals surface area contributed by atoms with Gasteiger partial charge in [0.2, 0.25) is 5.89 Å². The summed E-state index contributed by atoms with van der Waals surface area (Å²) in [5.41, 5.74) is 1.37. The van der Waals surface area contributed by atoms with Gasteiger partial charge in [-0.05, 0) is 41.6 Å². The molecule has 2 heterocycles. The minimum Gasteiger partial charge on any atom is -0.486 e. The first-order valence-electron chi connectivity index (χ1n) is 10.4. The minimum atomic E-state index is -1.18. The summed E-state index contributed by atoms with van der Waals surface area (Å²) in [6.45, 7) is -0.561. The number of halogens is 2. The Morgan fingerprint density at radius 2 is 1.94 bits per heavy atom. The quantitative estimate of drug-likeness (QED) is 0.282. The number of benzene rings is 2. The van der Waals surface area contributed by atoms with Gasteiger partial charge in [-0.3, -0.25) is 9.59 Å². The molecule has 36 heavy (non-hydrogen) atoms. The van der Waals surface area contributed by atoms with E-state index in [0.717, 1.165) is 4.90 Å². The molecule has 1 amide bonds. The maximum absolute atomic E-state index is 13.8. The van der Waals surface area contributed by atoms with Crippen molar-refractivity contribution in [3.63, 3.8) is 0 Å². The maximum Gasteiger partial charge on any atom is 0.323 e. The number of carboxylic acid groups (broad SMARTS) is 1. The van der Waals surface area contributed by atoms with Crippen molar-refractivity contribution in [3.8, 4) is 16.9 Å². The molecule has 0 spiro atoms. The monoisotopic (exact) mass is 531 g/mol. The molecule has 12 heteroatoms. The van der Waals surface area contributed by atoms with E-state index >= 15 is 0 Å². The van der Waals surface area contributed by atoms with Crippen LogP contribution in [-0.4, -0.2) is 44.7 Å². The molecule has 1 N–H and O–H groups in total. The highest BCUT2D eigenvalue weighted by Crippen LogP contribution is 2.33. The highest BCUT2D eigenvalue weighted by Gasteiger charge is 2.23. The van der Waals surface area contributed by atoms with Crippen LogP contribution in [0.5, 0.6) is 5.75 Å². The van der Waals surface area contributed by atoms with Crippen molar-refractivity contribution in [3.05, 3.63) is 82.5 Å². The lowest BCUT2D eigenvalue weighted by Gasteiger charge is -2.17. The first kappa shape index (κ1) is 25.3. The van der Waals surface area contributed by atoms with E-state index in [1.54, 1.807) is 30.5 Å². The van der Waals surface area contributed by atoms with Crippen LogP contribution in [0.4, 0.5) is 8.78 Å². The van der Waals surface area contributed by atoms with Gasteiger partial charge in [0, 0.05) is 10.3 Å². The van der Waals surface area contributed by atoms with Gasteiger partial charge in [-0.2, -0.15) is 0 Å². The number of carbonyl (C=O) groups is 2. The van der Waals surface area contributed by atoms with Gasteiger partial charge in [-0.1, -0.05) is 12.1 Å².